The van der Waals surface area contributed by atoms with Crippen LogP contribution in [0.4, 0.5) is 5.69 Å². The van der Waals surface area contributed by atoms with E-state index in [1.54, 1.807) is 0 Å². The molecule has 2 aliphatic rings. The number of hydrogen-bond donors (Lipinski definition) is 2. The van der Waals surface area contributed by atoms with Gasteiger partial charge in [-0.25, -0.2) is 0 Å². The van der Waals surface area contributed by atoms with Crippen LogP contribution in [0.25, 0.3) is 0 Å². The Labute approximate surface area is 108 Å². The first-order valence-corrected chi connectivity index (χ1v) is 6.53. The molecule has 2 N–H and O–H groups in total. The van der Waals surface area contributed by atoms with E-state index in [1.807, 2.05) is 0 Å². The fourth-order valence-corrected chi connectivity index (χ4v) is 2.32. The van der Waals surface area contributed by atoms with Gasteiger partial charge < -0.3 is 15.0 Å². The molecule has 18 heavy (non-hydrogen) atoms. The van der Waals surface area contributed by atoms with Gasteiger partial charge in [-0.2, -0.15) is 0 Å². The number of hydrogen-bond acceptors (Lipinski definition) is 4. The summed E-state index contributed by atoms with van der Waals surface area (Å²) >= 11 is 0. The van der Waals surface area contributed by atoms with Crippen LogP contribution in [0.15, 0.2) is 36.5 Å². The Bertz CT molecular complexity index is 410. The number of anilines is 1. The van der Waals surface area contributed by atoms with Gasteiger partial charge in [-0.1, -0.05) is 6.08 Å². The summed E-state index contributed by atoms with van der Waals surface area (Å²) in [5.74, 6) is 0.960. The van der Waals surface area contributed by atoms with Crippen molar-refractivity contribution in [3.05, 3.63) is 36.5 Å². The second kappa shape index (κ2) is 5.42. The third kappa shape index (κ3) is 2.66. The molecule has 0 spiro atoms. The highest BCUT2D eigenvalue weighted by atomic mass is 16.5. The molecule has 2 aliphatic heterocycles. The lowest BCUT2D eigenvalue weighted by Crippen LogP contribution is -2.34. The molecule has 0 unspecified atom stereocenters. The molecule has 0 bridgehead atoms. The molecular formula is C14H19N3O. The lowest BCUT2D eigenvalue weighted by molar-refractivity contribution is 0.223. The minimum atomic E-state index is 0.326. The van der Waals surface area contributed by atoms with Crippen LogP contribution in [0.1, 0.15) is 6.42 Å². The van der Waals surface area contributed by atoms with Crippen molar-refractivity contribution in [3.63, 3.8) is 0 Å². The normalized spacial score (nSPS) is 23.3. The Morgan fingerprint density at radius 3 is 2.72 bits per heavy atom. The summed E-state index contributed by atoms with van der Waals surface area (Å²) in [5, 5.41) is 6.61. The summed E-state index contributed by atoms with van der Waals surface area (Å²) in [4.78, 5) is 2.18. The highest BCUT2D eigenvalue weighted by molar-refractivity contribution is 5.51. The maximum absolute atomic E-state index is 5.90. The van der Waals surface area contributed by atoms with Crippen molar-refractivity contribution >= 4 is 5.69 Å². The second-order valence-corrected chi connectivity index (χ2v) is 4.69. The van der Waals surface area contributed by atoms with Gasteiger partial charge in [-0.15, -0.1) is 0 Å². The molecule has 0 saturated carbocycles. The molecule has 3 rings (SSSR count). The zero-order chi connectivity index (χ0) is 12.2. The van der Waals surface area contributed by atoms with Gasteiger partial charge in [-0.05, 0) is 37.2 Å². The van der Waals surface area contributed by atoms with Gasteiger partial charge in [-0.3, -0.25) is 5.32 Å². The fraction of sp³-hybridized carbons (Fsp3) is 0.429. The Balaban J connectivity index is 1.64. The van der Waals surface area contributed by atoms with Gasteiger partial charge in [0, 0.05) is 25.0 Å². The lowest BCUT2D eigenvalue weighted by Gasteiger charge is -2.24. The van der Waals surface area contributed by atoms with E-state index in [4.69, 9.17) is 4.74 Å². The van der Waals surface area contributed by atoms with E-state index < -0.39 is 0 Å². The second-order valence-electron chi connectivity index (χ2n) is 4.69. The van der Waals surface area contributed by atoms with Gasteiger partial charge >= 0.3 is 0 Å². The van der Waals surface area contributed by atoms with Crippen molar-refractivity contribution in [3.8, 4) is 5.75 Å². The standard InChI is InChI=1S/C14H19N3O/c1-7-16-11-17(9-1)12-2-4-13(5-3-12)18-14-6-8-15-10-14/h1-5,9,14-16H,6-8,10-11H2/t14-/m1/s1. The van der Waals surface area contributed by atoms with Crippen LogP contribution in [0, 0.1) is 0 Å². The van der Waals surface area contributed by atoms with Gasteiger partial charge in [0.15, 0.2) is 0 Å². The van der Waals surface area contributed by atoms with Crippen molar-refractivity contribution in [1.82, 2.24) is 10.6 Å². The van der Waals surface area contributed by atoms with Crippen molar-refractivity contribution in [2.24, 2.45) is 0 Å². The van der Waals surface area contributed by atoms with Crippen molar-refractivity contribution in [2.45, 2.75) is 12.5 Å². The minimum Gasteiger partial charge on any atom is -0.489 e. The van der Waals surface area contributed by atoms with Gasteiger partial charge in [0.1, 0.15) is 11.9 Å². The molecule has 1 aromatic rings. The summed E-state index contributed by atoms with van der Waals surface area (Å²) in [6.45, 7) is 3.84. The average Bonchev–Trinajstić information content (AvgIpc) is 2.94. The SMILES string of the molecule is C1=CN(c2ccc(O[C@@H]3CCNC3)cc2)CNC1. The fourth-order valence-electron chi connectivity index (χ4n) is 2.32. The largest absolute Gasteiger partial charge is 0.489 e. The van der Waals surface area contributed by atoms with Gasteiger partial charge in [0.2, 0.25) is 0 Å². The van der Waals surface area contributed by atoms with E-state index >= 15 is 0 Å². The first-order chi connectivity index (χ1) is 8.92. The number of rotatable bonds is 3. The number of ether oxygens (including phenoxy) is 1. The molecule has 4 nitrogen and oxygen atoms in total. The third-order valence-electron chi connectivity index (χ3n) is 3.32. The summed E-state index contributed by atoms with van der Waals surface area (Å²) in [6, 6.07) is 8.32. The molecule has 0 radical (unpaired) electrons. The Hall–Kier alpha value is -1.52. The molecule has 1 atom stereocenters. The summed E-state index contributed by atoms with van der Waals surface area (Å²) in [6.07, 6.45) is 5.67. The Morgan fingerprint density at radius 1 is 1.17 bits per heavy atom. The molecule has 2 heterocycles. The molecule has 1 saturated heterocycles. The maximum Gasteiger partial charge on any atom is 0.119 e. The van der Waals surface area contributed by atoms with Crippen LogP contribution in [-0.2, 0) is 0 Å². The Kier molecular flexibility index (Phi) is 3.48. The van der Waals surface area contributed by atoms with E-state index in [1.165, 1.54) is 5.69 Å². The molecule has 1 aromatic carbocycles. The van der Waals surface area contributed by atoms with Crippen LogP contribution in [0.2, 0.25) is 0 Å². The molecule has 0 aromatic heterocycles. The smallest absolute Gasteiger partial charge is 0.119 e. The molecule has 96 valence electrons. The van der Waals surface area contributed by atoms with E-state index in [9.17, 15) is 0 Å². The van der Waals surface area contributed by atoms with Gasteiger partial charge in [0.25, 0.3) is 0 Å². The van der Waals surface area contributed by atoms with Crippen LogP contribution in [0.5, 0.6) is 5.75 Å². The minimum absolute atomic E-state index is 0.326. The summed E-state index contributed by atoms with van der Waals surface area (Å²) in [5.41, 5.74) is 1.19. The van der Waals surface area contributed by atoms with Crippen LogP contribution in [-0.4, -0.2) is 32.4 Å². The van der Waals surface area contributed by atoms with Crippen molar-refractivity contribution in [2.75, 3.05) is 31.2 Å². The highest BCUT2D eigenvalue weighted by Gasteiger charge is 2.15. The van der Waals surface area contributed by atoms with Crippen LogP contribution >= 0.6 is 0 Å². The molecular weight excluding hydrogens is 226 g/mol. The molecule has 4 heteroatoms. The zero-order valence-electron chi connectivity index (χ0n) is 10.4. The van der Waals surface area contributed by atoms with E-state index in [0.29, 0.717) is 6.10 Å². The third-order valence-corrected chi connectivity index (χ3v) is 3.32. The molecule has 0 aliphatic carbocycles. The quantitative estimate of drug-likeness (QED) is 0.842. The number of nitrogens with zero attached hydrogens (tertiary/aromatic N) is 1. The van der Waals surface area contributed by atoms with Crippen molar-refractivity contribution in [1.29, 1.82) is 0 Å². The van der Waals surface area contributed by atoms with Crippen LogP contribution in [0.3, 0.4) is 0 Å². The van der Waals surface area contributed by atoms with E-state index in [-0.39, 0.29) is 0 Å². The predicted molar refractivity (Wildman–Crippen MR) is 72.8 cm³/mol. The van der Waals surface area contributed by atoms with E-state index in [0.717, 1.165) is 38.5 Å². The maximum atomic E-state index is 5.90. The van der Waals surface area contributed by atoms with E-state index in [2.05, 4.69) is 52.1 Å². The van der Waals surface area contributed by atoms with Crippen LogP contribution < -0.4 is 20.3 Å². The molecule has 0 amide bonds. The van der Waals surface area contributed by atoms with Gasteiger partial charge in [0.05, 0.1) is 6.67 Å². The number of benzene rings is 1. The Morgan fingerprint density at radius 2 is 2.06 bits per heavy atom. The summed E-state index contributed by atoms with van der Waals surface area (Å²) in [7, 11) is 0. The highest BCUT2D eigenvalue weighted by Crippen LogP contribution is 2.21. The van der Waals surface area contributed by atoms with Crippen molar-refractivity contribution < 1.29 is 4.74 Å². The predicted octanol–water partition coefficient (Wildman–Crippen LogP) is 1.31. The summed E-state index contributed by atoms with van der Waals surface area (Å²) < 4.78 is 5.90. The monoisotopic (exact) mass is 245 g/mol. The first kappa shape index (κ1) is 11.6. The first-order valence-electron chi connectivity index (χ1n) is 6.53. The topological polar surface area (TPSA) is 36.5 Å². The lowest BCUT2D eigenvalue weighted by atomic mass is 10.2. The zero-order valence-corrected chi connectivity index (χ0v) is 10.4. The average molecular weight is 245 g/mol. The molecule has 1 fully saturated rings. The number of nitrogens with one attached hydrogen (secondary N) is 2.